The summed E-state index contributed by atoms with van der Waals surface area (Å²) in [6.45, 7) is 4.53. The molecule has 0 N–H and O–H groups in total. The van der Waals surface area contributed by atoms with E-state index in [0.717, 1.165) is 24.2 Å². The second-order valence-electron chi connectivity index (χ2n) is 7.57. The standard InChI is InChI=1S/C22H29N3O4S/c1-18-15-20(9-10-21(18)29-3)30(27,28)25(16-19-7-5-4-6-8-19)17-22(26)24-13-11-23(2)12-14-24/h4-10,15H,11-14,16-17H2,1-3H3. The molecule has 0 aliphatic carbocycles. The number of methoxy groups -OCH3 is 1. The molecular formula is C22H29N3O4S. The zero-order chi connectivity index (χ0) is 21.7. The maximum atomic E-state index is 13.5. The molecular weight excluding hydrogens is 402 g/mol. The van der Waals surface area contributed by atoms with E-state index in [0.29, 0.717) is 18.8 Å². The van der Waals surface area contributed by atoms with E-state index in [9.17, 15) is 13.2 Å². The molecule has 0 saturated carbocycles. The minimum absolute atomic E-state index is 0.133. The van der Waals surface area contributed by atoms with Gasteiger partial charge in [-0.2, -0.15) is 4.31 Å². The van der Waals surface area contributed by atoms with Crippen molar-refractivity contribution in [1.82, 2.24) is 14.1 Å². The number of carbonyl (C=O) groups is 1. The number of carbonyl (C=O) groups excluding carboxylic acids is 1. The van der Waals surface area contributed by atoms with Gasteiger partial charge in [-0.1, -0.05) is 30.3 Å². The monoisotopic (exact) mass is 431 g/mol. The number of aryl methyl sites for hydroxylation is 1. The van der Waals surface area contributed by atoms with E-state index < -0.39 is 10.0 Å². The Morgan fingerprint density at radius 1 is 1.07 bits per heavy atom. The van der Waals surface area contributed by atoms with Crippen molar-refractivity contribution < 1.29 is 17.9 Å². The summed E-state index contributed by atoms with van der Waals surface area (Å²) in [5.74, 6) is 0.449. The molecule has 1 heterocycles. The predicted octanol–water partition coefficient (Wildman–Crippen LogP) is 1.97. The second-order valence-corrected chi connectivity index (χ2v) is 9.51. The minimum Gasteiger partial charge on any atom is -0.496 e. The summed E-state index contributed by atoms with van der Waals surface area (Å²) < 4.78 is 33.4. The lowest BCUT2D eigenvalue weighted by atomic mass is 10.2. The van der Waals surface area contributed by atoms with Crippen LogP contribution < -0.4 is 4.74 Å². The zero-order valence-electron chi connectivity index (χ0n) is 17.7. The van der Waals surface area contributed by atoms with Crippen LogP contribution in [0.15, 0.2) is 53.4 Å². The molecule has 7 nitrogen and oxygen atoms in total. The Labute approximate surface area is 178 Å². The Balaban J connectivity index is 1.88. The highest BCUT2D eigenvalue weighted by Gasteiger charge is 2.30. The van der Waals surface area contributed by atoms with Gasteiger partial charge in [0.2, 0.25) is 15.9 Å². The van der Waals surface area contributed by atoms with Gasteiger partial charge in [0.15, 0.2) is 0 Å². The van der Waals surface area contributed by atoms with Crippen molar-refractivity contribution in [3.05, 3.63) is 59.7 Å². The molecule has 1 aliphatic rings. The smallest absolute Gasteiger partial charge is 0.243 e. The first kappa shape index (κ1) is 22.3. The van der Waals surface area contributed by atoms with Gasteiger partial charge in [-0.3, -0.25) is 4.79 Å². The number of piperazine rings is 1. The van der Waals surface area contributed by atoms with Gasteiger partial charge in [0.05, 0.1) is 18.6 Å². The maximum Gasteiger partial charge on any atom is 0.243 e. The molecule has 0 spiro atoms. The van der Waals surface area contributed by atoms with Gasteiger partial charge >= 0.3 is 0 Å². The molecule has 30 heavy (non-hydrogen) atoms. The fraction of sp³-hybridized carbons (Fsp3) is 0.409. The molecule has 2 aromatic rings. The number of likely N-dealkylation sites (N-methyl/N-ethyl adjacent to an activating group) is 1. The van der Waals surface area contributed by atoms with Crippen molar-refractivity contribution >= 4 is 15.9 Å². The third-order valence-corrected chi connectivity index (χ3v) is 7.16. The van der Waals surface area contributed by atoms with Crippen LogP contribution in [-0.4, -0.2) is 75.3 Å². The summed E-state index contributed by atoms with van der Waals surface area (Å²) in [5.41, 5.74) is 1.56. The number of benzene rings is 2. The molecule has 0 unspecified atom stereocenters. The Kier molecular flexibility index (Phi) is 7.12. The SMILES string of the molecule is COc1ccc(S(=O)(=O)N(CC(=O)N2CCN(C)CC2)Cc2ccccc2)cc1C. The van der Waals surface area contributed by atoms with E-state index in [1.807, 2.05) is 37.4 Å². The van der Waals surface area contributed by atoms with Crippen LogP contribution in [0, 0.1) is 6.92 Å². The van der Waals surface area contributed by atoms with E-state index in [1.165, 1.54) is 10.4 Å². The zero-order valence-corrected chi connectivity index (χ0v) is 18.6. The normalized spacial score (nSPS) is 15.4. The van der Waals surface area contributed by atoms with Crippen LogP contribution in [-0.2, 0) is 21.4 Å². The first-order valence-corrected chi connectivity index (χ1v) is 11.4. The molecule has 0 aromatic heterocycles. The van der Waals surface area contributed by atoms with Gasteiger partial charge in [0, 0.05) is 32.7 Å². The summed E-state index contributed by atoms with van der Waals surface area (Å²) in [6.07, 6.45) is 0. The van der Waals surface area contributed by atoms with Crippen LogP contribution >= 0.6 is 0 Å². The van der Waals surface area contributed by atoms with Crippen molar-refractivity contribution in [2.24, 2.45) is 0 Å². The fourth-order valence-electron chi connectivity index (χ4n) is 3.48. The highest BCUT2D eigenvalue weighted by Crippen LogP contribution is 2.25. The lowest BCUT2D eigenvalue weighted by Gasteiger charge is -2.33. The van der Waals surface area contributed by atoms with Crippen LogP contribution in [0.4, 0.5) is 0 Å². The molecule has 1 fully saturated rings. The topological polar surface area (TPSA) is 70.2 Å². The van der Waals surface area contributed by atoms with Gasteiger partial charge in [0.25, 0.3) is 0 Å². The largest absolute Gasteiger partial charge is 0.496 e. The Morgan fingerprint density at radius 3 is 2.33 bits per heavy atom. The summed E-state index contributed by atoms with van der Waals surface area (Å²) in [4.78, 5) is 17.0. The summed E-state index contributed by atoms with van der Waals surface area (Å²) >= 11 is 0. The molecule has 1 amide bonds. The average molecular weight is 432 g/mol. The molecule has 0 atom stereocenters. The van der Waals surface area contributed by atoms with Gasteiger partial charge in [-0.25, -0.2) is 8.42 Å². The maximum absolute atomic E-state index is 13.5. The van der Waals surface area contributed by atoms with Gasteiger partial charge in [0.1, 0.15) is 5.75 Å². The molecule has 8 heteroatoms. The average Bonchev–Trinajstić information content (AvgIpc) is 2.74. The summed E-state index contributed by atoms with van der Waals surface area (Å²) in [7, 11) is -0.309. The fourth-order valence-corrected chi connectivity index (χ4v) is 4.94. The number of hydrogen-bond donors (Lipinski definition) is 0. The molecule has 1 aliphatic heterocycles. The van der Waals surface area contributed by atoms with Crippen LogP contribution in [0.3, 0.4) is 0 Å². The van der Waals surface area contributed by atoms with Crippen LogP contribution in [0.2, 0.25) is 0 Å². The lowest BCUT2D eigenvalue weighted by molar-refractivity contribution is -0.133. The first-order valence-electron chi connectivity index (χ1n) is 9.96. The number of amides is 1. The summed E-state index contributed by atoms with van der Waals surface area (Å²) in [6, 6.07) is 14.1. The van der Waals surface area contributed by atoms with Crippen LogP contribution in [0.25, 0.3) is 0 Å². The van der Waals surface area contributed by atoms with Crippen molar-refractivity contribution in [2.75, 3.05) is 46.9 Å². The molecule has 0 radical (unpaired) electrons. The third-order valence-electron chi connectivity index (χ3n) is 5.37. The highest BCUT2D eigenvalue weighted by atomic mass is 32.2. The Bertz CT molecular complexity index is 971. The highest BCUT2D eigenvalue weighted by molar-refractivity contribution is 7.89. The predicted molar refractivity (Wildman–Crippen MR) is 116 cm³/mol. The Morgan fingerprint density at radius 2 is 1.73 bits per heavy atom. The number of ether oxygens (including phenoxy) is 1. The van der Waals surface area contributed by atoms with E-state index in [1.54, 1.807) is 31.1 Å². The number of sulfonamides is 1. The third kappa shape index (κ3) is 5.19. The van der Waals surface area contributed by atoms with Crippen LogP contribution in [0.5, 0.6) is 5.75 Å². The number of hydrogen-bond acceptors (Lipinski definition) is 5. The molecule has 2 aromatic carbocycles. The van der Waals surface area contributed by atoms with E-state index in [4.69, 9.17) is 4.74 Å². The number of nitrogens with zero attached hydrogens (tertiary/aromatic N) is 3. The summed E-state index contributed by atoms with van der Waals surface area (Å²) in [5, 5.41) is 0. The van der Waals surface area contributed by atoms with Crippen molar-refractivity contribution in [2.45, 2.75) is 18.4 Å². The van der Waals surface area contributed by atoms with E-state index in [-0.39, 0.29) is 23.9 Å². The van der Waals surface area contributed by atoms with Crippen molar-refractivity contribution in [3.63, 3.8) is 0 Å². The van der Waals surface area contributed by atoms with E-state index in [2.05, 4.69) is 4.90 Å². The van der Waals surface area contributed by atoms with Crippen LogP contribution in [0.1, 0.15) is 11.1 Å². The van der Waals surface area contributed by atoms with Crippen molar-refractivity contribution in [1.29, 1.82) is 0 Å². The quantitative estimate of drug-likeness (QED) is 0.670. The van der Waals surface area contributed by atoms with E-state index >= 15 is 0 Å². The molecule has 3 rings (SSSR count). The number of rotatable bonds is 7. The Hall–Kier alpha value is -2.42. The van der Waals surface area contributed by atoms with Gasteiger partial charge < -0.3 is 14.5 Å². The first-order chi connectivity index (χ1) is 14.3. The second kappa shape index (κ2) is 9.59. The molecule has 162 valence electrons. The van der Waals surface area contributed by atoms with Crippen molar-refractivity contribution in [3.8, 4) is 5.75 Å². The molecule has 0 bridgehead atoms. The lowest BCUT2D eigenvalue weighted by Crippen LogP contribution is -2.50. The van der Waals surface area contributed by atoms with Gasteiger partial charge in [-0.05, 0) is 43.3 Å². The minimum atomic E-state index is -3.87. The molecule has 1 saturated heterocycles. The van der Waals surface area contributed by atoms with Gasteiger partial charge in [-0.15, -0.1) is 0 Å².